The van der Waals surface area contributed by atoms with Gasteiger partial charge in [0.25, 0.3) is 0 Å². The van der Waals surface area contributed by atoms with Gasteiger partial charge in [-0.05, 0) is 37.3 Å². The Morgan fingerprint density at radius 3 is 2.93 bits per heavy atom. The lowest BCUT2D eigenvalue weighted by Gasteiger charge is -2.23. The average molecular weight is 225 g/mol. The lowest BCUT2D eigenvalue weighted by atomic mass is 10.1. The van der Waals surface area contributed by atoms with Crippen LogP contribution in [0.25, 0.3) is 0 Å². The van der Waals surface area contributed by atoms with E-state index in [0.717, 1.165) is 19.4 Å². The molecule has 2 rings (SSSR count). The van der Waals surface area contributed by atoms with E-state index < -0.39 is 5.97 Å². The van der Waals surface area contributed by atoms with Gasteiger partial charge in [-0.2, -0.15) is 0 Å². The Morgan fingerprint density at radius 2 is 2.47 bits per heavy atom. The third-order valence-corrected chi connectivity index (χ3v) is 3.64. The van der Waals surface area contributed by atoms with Gasteiger partial charge in [-0.1, -0.05) is 6.07 Å². The summed E-state index contributed by atoms with van der Waals surface area (Å²) in [5, 5.41) is 11.2. The van der Waals surface area contributed by atoms with Gasteiger partial charge >= 0.3 is 5.97 Å². The molecule has 15 heavy (non-hydrogen) atoms. The molecule has 0 spiro atoms. The van der Waals surface area contributed by atoms with E-state index in [1.54, 1.807) is 11.3 Å². The number of aliphatic carboxylic acids is 1. The lowest BCUT2D eigenvalue weighted by molar-refractivity contribution is -0.143. The Bertz CT molecular complexity index is 332. The summed E-state index contributed by atoms with van der Waals surface area (Å²) in [5.41, 5.74) is 0. The number of thiophene rings is 1. The summed E-state index contributed by atoms with van der Waals surface area (Å²) >= 11 is 1.68. The average Bonchev–Trinajstić information content (AvgIpc) is 2.83. The van der Waals surface area contributed by atoms with Crippen molar-refractivity contribution in [2.45, 2.75) is 25.4 Å². The van der Waals surface area contributed by atoms with Crippen LogP contribution in [0.5, 0.6) is 0 Å². The van der Waals surface area contributed by atoms with Crippen LogP contribution in [0.2, 0.25) is 0 Å². The van der Waals surface area contributed by atoms with E-state index in [-0.39, 0.29) is 6.04 Å². The van der Waals surface area contributed by atoms with E-state index >= 15 is 0 Å². The van der Waals surface area contributed by atoms with Crippen LogP contribution in [-0.4, -0.2) is 29.1 Å². The maximum atomic E-state index is 11.1. The van der Waals surface area contributed by atoms with Crippen molar-refractivity contribution >= 4 is 17.3 Å². The molecule has 0 amide bonds. The number of hydrogen-bond acceptors (Lipinski definition) is 3. The molecule has 0 saturated heterocycles. The zero-order valence-electron chi connectivity index (χ0n) is 8.72. The molecular formula is C11H15NO2S. The standard InChI is InChI=1S/C11H15NO2S/c1-12(7-9-3-2-6-15-9)10(11(13)14)8-4-5-8/h2-3,6,8,10H,4-5,7H2,1H3,(H,13,14). The van der Waals surface area contributed by atoms with Crippen LogP contribution in [-0.2, 0) is 11.3 Å². The monoisotopic (exact) mass is 225 g/mol. The highest BCUT2D eigenvalue weighted by atomic mass is 32.1. The number of rotatable bonds is 5. The summed E-state index contributed by atoms with van der Waals surface area (Å²) < 4.78 is 0. The van der Waals surface area contributed by atoms with E-state index in [9.17, 15) is 4.79 Å². The van der Waals surface area contributed by atoms with Crippen molar-refractivity contribution in [3.63, 3.8) is 0 Å². The summed E-state index contributed by atoms with van der Waals surface area (Å²) in [6.07, 6.45) is 2.12. The van der Waals surface area contributed by atoms with Crippen LogP contribution in [0.4, 0.5) is 0 Å². The molecule has 0 radical (unpaired) electrons. The molecule has 0 aromatic carbocycles. The molecule has 1 fully saturated rings. The topological polar surface area (TPSA) is 40.5 Å². The van der Waals surface area contributed by atoms with Gasteiger partial charge in [-0.3, -0.25) is 9.69 Å². The molecule has 4 heteroatoms. The van der Waals surface area contributed by atoms with Gasteiger partial charge in [0.05, 0.1) is 0 Å². The molecule has 1 atom stereocenters. The predicted molar refractivity (Wildman–Crippen MR) is 59.9 cm³/mol. The van der Waals surface area contributed by atoms with Crippen LogP contribution in [0.3, 0.4) is 0 Å². The minimum atomic E-state index is -0.684. The van der Waals surface area contributed by atoms with Crippen molar-refractivity contribution in [3.05, 3.63) is 22.4 Å². The summed E-state index contributed by atoms with van der Waals surface area (Å²) in [6, 6.07) is 3.75. The Hall–Kier alpha value is -0.870. The van der Waals surface area contributed by atoms with Crippen molar-refractivity contribution in [2.75, 3.05) is 7.05 Å². The van der Waals surface area contributed by atoms with Crippen molar-refractivity contribution < 1.29 is 9.90 Å². The van der Waals surface area contributed by atoms with Crippen molar-refractivity contribution in [2.24, 2.45) is 5.92 Å². The number of nitrogens with zero attached hydrogens (tertiary/aromatic N) is 1. The summed E-state index contributed by atoms with van der Waals surface area (Å²) in [4.78, 5) is 14.3. The Balaban J connectivity index is 1.98. The fourth-order valence-electron chi connectivity index (χ4n) is 1.91. The molecule has 1 saturated carbocycles. The zero-order valence-corrected chi connectivity index (χ0v) is 9.54. The SMILES string of the molecule is CN(Cc1cccs1)C(C(=O)O)C1CC1. The van der Waals surface area contributed by atoms with Crippen LogP contribution >= 0.6 is 11.3 Å². The number of carbonyl (C=O) groups is 1. The highest BCUT2D eigenvalue weighted by Gasteiger charge is 2.38. The molecule has 3 nitrogen and oxygen atoms in total. The fraction of sp³-hybridized carbons (Fsp3) is 0.545. The van der Waals surface area contributed by atoms with Crippen molar-refractivity contribution in [1.29, 1.82) is 0 Å². The minimum Gasteiger partial charge on any atom is -0.480 e. The second kappa shape index (κ2) is 4.33. The van der Waals surface area contributed by atoms with E-state index in [4.69, 9.17) is 5.11 Å². The van der Waals surface area contributed by atoms with Gasteiger partial charge in [0.15, 0.2) is 0 Å². The van der Waals surface area contributed by atoms with E-state index in [0.29, 0.717) is 5.92 Å². The zero-order chi connectivity index (χ0) is 10.8. The van der Waals surface area contributed by atoms with Crippen LogP contribution in [0.1, 0.15) is 17.7 Å². The first kappa shape index (κ1) is 10.6. The maximum absolute atomic E-state index is 11.1. The number of carboxylic acid groups (broad SMARTS) is 1. The fourth-order valence-corrected chi connectivity index (χ4v) is 2.68. The molecule has 1 aliphatic carbocycles. The van der Waals surface area contributed by atoms with E-state index in [1.165, 1.54) is 4.88 Å². The van der Waals surface area contributed by atoms with Crippen molar-refractivity contribution in [1.82, 2.24) is 4.90 Å². The quantitative estimate of drug-likeness (QED) is 0.833. The Kier molecular flexibility index (Phi) is 3.07. The first-order chi connectivity index (χ1) is 7.18. The van der Waals surface area contributed by atoms with Crippen LogP contribution in [0, 0.1) is 5.92 Å². The molecule has 0 aliphatic heterocycles. The van der Waals surface area contributed by atoms with Gasteiger partial charge in [-0.15, -0.1) is 11.3 Å². The number of likely N-dealkylation sites (N-methyl/N-ethyl adjacent to an activating group) is 1. The lowest BCUT2D eigenvalue weighted by Crippen LogP contribution is -2.39. The first-order valence-corrected chi connectivity index (χ1v) is 6.02. The molecular weight excluding hydrogens is 210 g/mol. The van der Waals surface area contributed by atoms with Gasteiger partial charge in [0.1, 0.15) is 6.04 Å². The molecule has 1 N–H and O–H groups in total. The van der Waals surface area contributed by atoms with E-state index in [1.807, 2.05) is 29.5 Å². The third kappa shape index (κ3) is 2.58. The molecule has 1 aromatic heterocycles. The summed E-state index contributed by atoms with van der Waals surface area (Å²) in [6.45, 7) is 0.741. The Morgan fingerprint density at radius 1 is 1.73 bits per heavy atom. The van der Waals surface area contributed by atoms with Crippen LogP contribution in [0.15, 0.2) is 17.5 Å². The second-order valence-electron chi connectivity index (χ2n) is 4.11. The maximum Gasteiger partial charge on any atom is 0.321 e. The number of carboxylic acids is 1. The number of hydrogen-bond donors (Lipinski definition) is 1. The smallest absolute Gasteiger partial charge is 0.321 e. The summed E-state index contributed by atoms with van der Waals surface area (Å²) in [7, 11) is 1.90. The molecule has 1 unspecified atom stereocenters. The molecule has 0 bridgehead atoms. The minimum absolute atomic E-state index is 0.299. The second-order valence-corrected chi connectivity index (χ2v) is 5.15. The largest absolute Gasteiger partial charge is 0.480 e. The molecule has 1 aromatic rings. The first-order valence-electron chi connectivity index (χ1n) is 5.14. The van der Waals surface area contributed by atoms with Crippen molar-refractivity contribution in [3.8, 4) is 0 Å². The van der Waals surface area contributed by atoms with Crippen LogP contribution < -0.4 is 0 Å². The van der Waals surface area contributed by atoms with E-state index in [2.05, 4.69) is 0 Å². The van der Waals surface area contributed by atoms with Gasteiger partial charge < -0.3 is 5.11 Å². The van der Waals surface area contributed by atoms with Gasteiger partial charge in [0, 0.05) is 11.4 Å². The molecule has 1 aliphatic rings. The normalized spacial score (nSPS) is 18.0. The highest BCUT2D eigenvalue weighted by molar-refractivity contribution is 7.09. The Labute approximate surface area is 93.3 Å². The summed E-state index contributed by atoms with van der Waals surface area (Å²) in [5.74, 6) is -0.316. The predicted octanol–water partition coefficient (Wildman–Crippen LogP) is 2.04. The third-order valence-electron chi connectivity index (χ3n) is 2.78. The molecule has 82 valence electrons. The highest BCUT2D eigenvalue weighted by Crippen LogP contribution is 2.35. The van der Waals surface area contributed by atoms with Gasteiger partial charge in [0.2, 0.25) is 0 Å². The van der Waals surface area contributed by atoms with Gasteiger partial charge in [-0.25, -0.2) is 0 Å². The molecule has 1 heterocycles.